The van der Waals surface area contributed by atoms with Crippen molar-refractivity contribution in [3.63, 3.8) is 0 Å². The monoisotopic (exact) mass is 322 g/mol. The Hall–Kier alpha value is -3.41. The molecule has 0 aliphatic carbocycles. The molecule has 2 aromatic carbocycles. The molecule has 120 valence electrons. The summed E-state index contributed by atoms with van der Waals surface area (Å²) in [6.45, 7) is 1.42. The summed E-state index contributed by atoms with van der Waals surface area (Å²) in [7, 11) is 0. The highest BCUT2D eigenvalue weighted by Crippen LogP contribution is 2.22. The number of carbonyl (C=O) groups excluding carboxylic acids is 2. The van der Waals surface area contributed by atoms with E-state index in [1.165, 1.54) is 29.8 Å². The van der Waals surface area contributed by atoms with E-state index in [4.69, 9.17) is 5.11 Å². The number of carboxylic acid groups (broad SMARTS) is 1. The van der Waals surface area contributed by atoms with Gasteiger partial charge in [0.1, 0.15) is 0 Å². The van der Waals surface area contributed by atoms with Crippen LogP contribution >= 0.6 is 0 Å². The molecule has 6 heteroatoms. The number of nitrogens with zero attached hydrogens (tertiary/aromatic N) is 1. The SMILES string of the molecule is CC(=O)n1cc(C(=O)Nc2cccc(C(=O)O)c2)c2ccccc21. The van der Waals surface area contributed by atoms with E-state index < -0.39 is 11.9 Å². The molecule has 0 atom stereocenters. The van der Waals surface area contributed by atoms with Gasteiger partial charge in [0.15, 0.2) is 0 Å². The summed E-state index contributed by atoms with van der Waals surface area (Å²) >= 11 is 0. The number of hydrogen-bond acceptors (Lipinski definition) is 3. The van der Waals surface area contributed by atoms with Crippen LogP contribution in [0.4, 0.5) is 5.69 Å². The van der Waals surface area contributed by atoms with Crippen LogP contribution in [0.2, 0.25) is 0 Å². The number of amides is 1. The summed E-state index contributed by atoms with van der Waals surface area (Å²) in [6.07, 6.45) is 1.49. The molecule has 0 aliphatic heterocycles. The number of para-hydroxylation sites is 1. The Bertz CT molecular complexity index is 972. The number of benzene rings is 2. The van der Waals surface area contributed by atoms with Gasteiger partial charge in [-0.1, -0.05) is 24.3 Å². The fourth-order valence-electron chi connectivity index (χ4n) is 2.55. The van der Waals surface area contributed by atoms with Gasteiger partial charge in [-0.2, -0.15) is 0 Å². The first kappa shape index (κ1) is 15.5. The van der Waals surface area contributed by atoms with Crippen LogP contribution in [0.3, 0.4) is 0 Å². The van der Waals surface area contributed by atoms with Crippen molar-refractivity contribution in [2.75, 3.05) is 5.32 Å². The van der Waals surface area contributed by atoms with Crippen LogP contribution in [-0.4, -0.2) is 27.5 Å². The van der Waals surface area contributed by atoms with Crippen LogP contribution in [-0.2, 0) is 0 Å². The number of rotatable bonds is 3. The number of aromatic carboxylic acids is 1. The predicted molar refractivity (Wildman–Crippen MR) is 89.6 cm³/mol. The van der Waals surface area contributed by atoms with E-state index in [0.29, 0.717) is 22.2 Å². The van der Waals surface area contributed by atoms with Crippen LogP contribution < -0.4 is 5.32 Å². The molecule has 0 unspecified atom stereocenters. The minimum Gasteiger partial charge on any atom is -0.478 e. The second-order valence-electron chi connectivity index (χ2n) is 5.29. The zero-order valence-corrected chi connectivity index (χ0v) is 12.8. The lowest BCUT2D eigenvalue weighted by atomic mass is 10.1. The van der Waals surface area contributed by atoms with Gasteiger partial charge < -0.3 is 10.4 Å². The van der Waals surface area contributed by atoms with Gasteiger partial charge in [-0.05, 0) is 24.3 Å². The Morgan fingerprint density at radius 1 is 1.04 bits per heavy atom. The average molecular weight is 322 g/mol. The zero-order chi connectivity index (χ0) is 17.3. The minimum absolute atomic E-state index is 0.0824. The smallest absolute Gasteiger partial charge is 0.335 e. The van der Waals surface area contributed by atoms with Gasteiger partial charge >= 0.3 is 5.97 Å². The number of hydrogen-bond donors (Lipinski definition) is 2. The van der Waals surface area contributed by atoms with Gasteiger partial charge in [-0.25, -0.2) is 4.79 Å². The molecule has 3 rings (SSSR count). The Kier molecular flexibility index (Phi) is 3.87. The second kappa shape index (κ2) is 6.00. The number of anilines is 1. The Morgan fingerprint density at radius 2 is 1.79 bits per heavy atom. The van der Waals surface area contributed by atoms with Crippen LogP contribution in [0.25, 0.3) is 10.9 Å². The number of carboxylic acids is 1. The summed E-state index contributed by atoms with van der Waals surface area (Å²) in [6, 6.07) is 13.1. The summed E-state index contributed by atoms with van der Waals surface area (Å²) in [4.78, 5) is 35.3. The molecular weight excluding hydrogens is 308 g/mol. The zero-order valence-electron chi connectivity index (χ0n) is 12.8. The lowest BCUT2D eigenvalue weighted by molar-refractivity contribution is 0.0696. The molecule has 0 saturated heterocycles. The first-order valence-corrected chi connectivity index (χ1v) is 7.23. The van der Waals surface area contributed by atoms with Gasteiger partial charge in [0, 0.05) is 24.2 Å². The van der Waals surface area contributed by atoms with Crippen molar-refractivity contribution in [2.45, 2.75) is 6.92 Å². The van der Waals surface area contributed by atoms with Gasteiger partial charge in [-0.3, -0.25) is 14.2 Å². The summed E-state index contributed by atoms with van der Waals surface area (Å²) in [5.74, 6) is -1.67. The van der Waals surface area contributed by atoms with Crippen molar-refractivity contribution < 1.29 is 19.5 Å². The summed E-state index contributed by atoms with van der Waals surface area (Å²) in [5.41, 5.74) is 1.45. The number of nitrogens with one attached hydrogen (secondary N) is 1. The molecule has 0 radical (unpaired) electrons. The van der Waals surface area contributed by atoms with Gasteiger partial charge in [0.05, 0.1) is 16.6 Å². The largest absolute Gasteiger partial charge is 0.478 e. The maximum absolute atomic E-state index is 12.6. The molecule has 1 aromatic heterocycles. The molecule has 1 amide bonds. The van der Waals surface area contributed by atoms with E-state index in [-0.39, 0.29) is 11.5 Å². The first-order valence-electron chi connectivity index (χ1n) is 7.23. The third-order valence-electron chi connectivity index (χ3n) is 3.66. The van der Waals surface area contributed by atoms with Crippen molar-refractivity contribution in [1.29, 1.82) is 0 Å². The van der Waals surface area contributed by atoms with Gasteiger partial charge in [0.2, 0.25) is 5.91 Å². The normalized spacial score (nSPS) is 10.5. The lowest BCUT2D eigenvalue weighted by Crippen LogP contribution is -2.12. The van der Waals surface area contributed by atoms with E-state index >= 15 is 0 Å². The molecular formula is C18H14N2O4. The predicted octanol–water partition coefficient (Wildman–Crippen LogP) is 3.25. The van der Waals surface area contributed by atoms with Gasteiger partial charge in [-0.15, -0.1) is 0 Å². The third kappa shape index (κ3) is 2.77. The molecule has 0 spiro atoms. The van der Waals surface area contributed by atoms with Crippen molar-refractivity contribution in [3.05, 3.63) is 65.9 Å². The second-order valence-corrected chi connectivity index (χ2v) is 5.29. The van der Waals surface area contributed by atoms with E-state index in [2.05, 4.69) is 5.32 Å². The van der Waals surface area contributed by atoms with E-state index in [9.17, 15) is 14.4 Å². The minimum atomic E-state index is -1.07. The van der Waals surface area contributed by atoms with E-state index in [0.717, 1.165) is 0 Å². The highest BCUT2D eigenvalue weighted by atomic mass is 16.4. The average Bonchev–Trinajstić information content (AvgIpc) is 2.95. The summed E-state index contributed by atoms with van der Waals surface area (Å²) < 4.78 is 1.41. The fourth-order valence-corrected chi connectivity index (χ4v) is 2.55. The van der Waals surface area contributed by atoms with Crippen molar-refractivity contribution >= 4 is 34.4 Å². The highest BCUT2D eigenvalue weighted by molar-refractivity contribution is 6.14. The quantitative estimate of drug-likeness (QED) is 0.774. The van der Waals surface area contributed by atoms with E-state index in [1.807, 2.05) is 0 Å². The molecule has 0 saturated carbocycles. The molecule has 0 fully saturated rings. The molecule has 6 nitrogen and oxygen atoms in total. The molecule has 0 aliphatic rings. The maximum Gasteiger partial charge on any atom is 0.335 e. The Morgan fingerprint density at radius 3 is 2.50 bits per heavy atom. The van der Waals surface area contributed by atoms with Crippen LogP contribution in [0.15, 0.2) is 54.7 Å². The van der Waals surface area contributed by atoms with E-state index in [1.54, 1.807) is 36.4 Å². The van der Waals surface area contributed by atoms with Crippen molar-refractivity contribution in [1.82, 2.24) is 4.57 Å². The van der Waals surface area contributed by atoms with Gasteiger partial charge in [0.25, 0.3) is 5.91 Å². The first-order chi connectivity index (χ1) is 11.5. The number of carbonyl (C=O) groups is 3. The van der Waals surface area contributed by atoms with Crippen LogP contribution in [0.1, 0.15) is 32.4 Å². The van der Waals surface area contributed by atoms with Crippen LogP contribution in [0.5, 0.6) is 0 Å². The standard InChI is InChI=1S/C18H14N2O4/c1-11(21)20-10-15(14-7-2-3-8-16(14)20)17(22)19-13-6-4-5-12(9-13)18(23)24/h2-10H,1H3,(H,19,22)(H,23,24). The molecule has 3 aromatic rings. The Labute approximate surface area is 137 Å². The fraction of sp³-hybridized carbons (Fsp3) is 0.0556. The molecule has 24 heavy (non-hydrogen) atoms. The Balaban J connectivity index is 1.99. The maximum atomic E-state index is 12.6. The number of aromatic nitrogens is 1. The molecule has 0 bridgehead atoms. The number of fused-ring (bicyclic) bond motifs is 1. The molecule has 2 N–H and O–H groups in total. The summed E-state index contributed by atoms with van der Waals surface area (Å²) in [5, 5.41) is 12.3. The lowest BCUT2D eigenvalue weighted by Gasteiger charge is -2.05. The molecule has 1 heterocycles. The third-order valence-corrected chi connectivity index (χ3v) is 3.66. The topological polar surface area (TPSA) is 88.4 Å². The van der Waals surface area contributed by atoms with Crippen molar-refractivity contribution in [3.8, 4) is 0 Å². The van der Waals surface area contributed by atoms with Crippen molar-refractivity contribution in [2.24, 2.45) is 0 Å². The van der Waals surface area contributed by atoms with Crippen LogP contribution in [0, 0.1) is 0 Å². The highest BCUT2D eigenvalue weighted by Gasteiger charge is 2.17.